The molecule has 0 N–H and O–H groups in total. The minimum atomic E-state index is -0.334. The fourth-order valence-corrected chi connectivity index (χ4v) is 4.70. The molecule has 1 aromatic rings. The van der Waals surface area contributed by atoms with Crippen molar-refractivity contribution in [2.45, 2.75) is 37.9 Å². The number of carbonyl (C=O) groups is 1. The van der Waals surface area contributed by atoms with Gasteiger partial charge in [-0.2, -0.15) is 0 Å². The molecule has 0 unspecified atom stereocenters. The molecule has 4 rings (SSSR count). The maximum Gasteiger partial charge on any atom is 0.336 e. The molecular weight excluding hydrogens is 276 g/mol. The monoisotopic (exact) mass is 298 g/mol. The smallest absolute Gasteiger partial charge is 0.336 e. The number of methoxy groups -OCH3 is 1. The van der Waals surface area contributed by atoms with Crippen LogP contribution in [0.25, 0.3) is 0 Å². The van der Waals surface area contributed by atoms with Crippen LogP contribution < -0.4 is 0 Å². The predicted molar refractivity (Wildman–Crippen MR) is 83.2 cm³/mol. The van der Waals surface area contributed by atoms with Crippen molar-refractivity contribution < 1.29 is 14.3 Å². The van der Waals surface area contributed by atoms with Gasteiger partial charge in [-0.1, -0.05) is 43.3 Å². The molecule has 3 heteroatoms. The summed E-state index contributed by atoms with van der Waals surface area (Å²) in [5.74, 6) is 1.18. The number of benzene rings is 1. The van der Waals surface area contributed by atoms with Crippen molar-refractivity contribution in [3.05, 3.63) is 47.5 Å². The predicted octanol–water partition coefficient (Wildman–Crippen LogP) is 3.14. The minimum absolute atomic E-state index is 0.190. The van der Waals surface area contributed by atoms with Crippen LogP contribution in [0.15, 0.2) is 42.0 Å². The van der Waals surface area contributed by atoms with Crippen molar-refractivity contribution in [2.75, 3.05) is 7.11 Å². The highest BCUT2D eigenvalue weighted by atomic mass is 16.6. The summed E-state index contributed by atoms with van der Waals surface area (Å²) in [4.78, 5) is 12.2. The Kier molecular flexibility index (Phi) is 3.15. The molecule has 0 amide bonds. The summed E-state index contributed by atoms with van der Waals surface area (Å²) >= 11 is 0. The summed E-state index contributed by atoms with van der Waals surface area (Å²) in [5.41, 5.74) is 1.80. The molecule has 2 fully saturated rings. The number of ether oxygens (including phenoxy) is 2. The lowest BCUT2D eigenvalue weighted by Crippen LogP contribution is -2.34. The summed E-state index contributed by atoms with van der Waals surface area (Å²) in [6.07, 6.45) is 5.57. The fraction of sp³-hybridized carbons (Fsp3) is 0.526. The van der Waals surface area contributed by atoms with E-state index in [-0.39, 0.29) is 17.7 Å². The Morgan fingerprint density at radius 2 is 2.09 bits per heavy atom. The second-order valence-corrected chi connectivity index (χ2v) is 7.00. The van der Waals surface area contributed by atoms with Crippen LogP contribution in [0, 0.1) is 17.8 Å². The van der Waals surface area contributed by atoms with Gasteiger partial charge in [-0.15, -0.1) is 0 Å². The number of allylic oxidation sites excluding steroid dienone is 1. The maximum absolute atomic E-state index is 12.2. The molecule has 3 aliphatic rings. The maximum atomic E-state index is 12.2. The van der Waals surface area contributed by atoms with Gasteiger partial charge in [0.05, 0.1) is 18.8 Å². The van der Waals surface area contributed by atoms with Gasteiger partial charge in [0, 0.05) is 0 Å². The summed E-state index contributed by atoms with van der Waals surface area (Å²) in [6.45, 7) is 2.18. The standard InChI is InChI=1S/C19H22O3/c1-12-8-15-11-14(10-13-6-4-3-5-7-13)17-19(15,22-17)16(9-12)18(20)21-2/h3-7,9,12,14-15,17H,8,10-11H2,1-2H3/t12-,14-,15+,17+,19+/m1/s1. The lowest BCUT2D eigenvalue weighted by Gasteiger charge is -2.29. The molecule has 1 aliphatic heterocycles. The first-order valence-electron chi connectivity index (χ1n) is 8.17. The highest BCUT2D eigenvalue weighted by Gasteiger charge is 2.73. The van der Waals surface area contributed by atoms with E-state index in [0.29, 0.717) is 17.8 Å². The van der Waals surface area contributed by atoms with Crippen LogP contribution in [0.2, 0.25) is 0 Å². The third-order valence-corrected chi connectivity index (χ3v) is 5.58. The van der Waals surface area contributed by atoms with E-state index in [9.17, 15) is 4.79 Å². The van der Waals surface area contributed by atoms with E-state index >= 15 is 0 Å². The molecule has 116 valence electrons. The summed E-state index contributed by atoms with van der Waals surface area (Å²) in [5, 5.41) is 0. The van der Waals surface area contributed by atoms with Gasteiger partial charge in [-0.25, -0.2) is 4.79 Å². The largest absolute Gasteiger partial charge is 0.466 e. The Hall–Kier alpha value is -1.61. The van der Waals surface area contributed by atoms with Crippen molar-refractivity contribution in [1.29, 1.82) is 0 Å². The van der Waals surface area contributed by atoms with Crippen molar-refractivity contribution in [2.24, 2.45) is 17.8 Å². The lowest BCUT2D eigenvalue weighted by atomic mass is 9.75. The second-order valence-electron chi connectivity index (χ2n) is 7.00. The van der Waals surface area contributed by atoms with Crippen LogP contribution in [0.1, 0.15) is 25.3 Å². The van der Waals surface area contributed by atoms with Gasteiger partial charge in [-0.3, -0.25) is 0 Å². The molecule has 5 atom stereocenters. The number of epoxide rings is 1. The molecule has 0 radical (unpaired) electrons. The number of hydrogen-bond acceptors (Lipinski definition) is 3. The molecule has 22 heavy (non-hydrogen) atoms. The molecule has 0 bridgehead atoms. The Labute approximate surface area is 131 Å². The van der Waals surface area contributed by atoms with Crippen LogP contribution in [0.3, 0.4) is 0 Å². The molecule has 1 heterocycles. The Morgan fingerprint density at radius 1 is 1.32 bits per heavy atom. The minimum Gasteiger partial charge on any atom is -0.466 e. The van der Waals surface area contributed by atoms with Crippen LogP contribution >= 0.6 is 0 Å². The SMILES string of the molecule is COC(=O)C1=C[C@H](C)C[C@H]2C[C@@H](Cc3ccccc3)[C@@H]3O[C@]123. The van der Waals surface area contributed by atoms with E-state index in [1.165, 1.54) is 12.7 Å². The molecule has 3 nitrogen and oxygen atoms in total. The van der Waals surface area contributed by atoms with Crippen molar-refractivity contribution >= 4 is 5.97 Å². The Bertz CT molecular complexity index is 621. The zero-order valence-electron chi connectivity index (χ0n) is 13.1. The van der Waals surface area contributed by atoms with E-state index in [1.807, 2.05) is 6.07 Å². The highest BCUT2D eigenvalue weighted by molar-refractivity contribution is 5.92. The first-order valence-corrected chi connectivity index (χ1v) is 8.17. The Balaban J connectivity index is 1.59. The van der Waals surface area contributed by atoms with Crippen molar-refractivity contribution in [3.63, 3.8) is 0 Å². The normalized spacial score (nSPS) is 38.7. The summed E-state index contributed by atoms with van der Waals surface area (Å²) in [7, 11) is 1.46. The van der Waals surface area contributed by atoms with Gasteiger partial charge in [0.15, 0.2) is 0 Å². The molecule has 1 spiro atoms. The zero-order valence-corrected chi connectivity index (χ0v) is 13.1. The molecule has 1 saturated carbocycles. The van der Waals surface area contributed by atoms with Crippen LogP contribution in [-0.4, -0.2) is 24.8 Å². The Morgan fingerprint density at radius 3 is 2.82 bits per heavy atom. The van der Waals surface area contributed by atoms with E-state index < -0.39 is 0 Å². The number of esters is 1. The zero-order chi connectivity index (χ0) is 15.3. The highest BCUT2D eigenvalue weighted by Crippen LogP contribution is 2.64. The average molecular weight is 298 g/mol. The second kappa shape index (κ2) is 4.95. The third-order valence-electron chi connectivity index (χ3n) is 5.58. The quantitative estimate of drug-likeness (QED) is 0.635. The molecule has 1 aromatic carbocycles. The van der Waals surface area contributed by atoms with Crippen LogP contribution in [0.5, 0.6) is 0 Å². The fourth-order valence-electron chi connectivity index (χ4n) is 4.70. The van der Waals surface area contributed by atoms with E-state index in [2.05, 4.69) is 37.3 Å². The molecule has 1 saturated heterocycles. The topological polar surface area (TPSA) is 38.8 Å². The molecule has 2 aliphatic carbocycles. The van der Waals surface area contributed by atoms with Gasteiger partial charge in [0.1, 0.15) is 5.60 Å². The third kappa shape index (κ3) is 1.95. The van der Waals surface area contributed by atoms with Gasteiger partial charge < -0.3 is 9.47 Å². The van der Waals surface area contributed by atoms with E-state index in [1.54, 1.807) is 0 Å². The lowest BCUT2D eigenvalue weighted by molar-refractivity contribution is -0.137. The van der Waals surface area contributed by atoms with Gasteiger partial charge in [0.25, 0.3) is 0 Å². The first-order chi connectivity index (χ1) is 10.6. The van der Waals surface area contributed by atoms with Gasteiger partial charge in [0.2, 0.25) is 0 Å². The average Bonchev–Trinajstić information content (AvgIpc) is 3.20. The number of carbonyl (C=O) groups excluding carboxylic acids is 1. The first kappa shape index (κ1) is 14.0. The van der Waals surface area contributed by atoms with E-state index in [0.717, 1.165) is 24.8 Å². The van der Waals surface area contributed by atoms with Crippen molar-refractivity contribution in [3.8, 4) is 0 Å². The van der Waals surface area contributed by atoms with E-state index in [4.69, 9.17) is 9.47 Å². The van der Waals surface area contributed by atoms with Gasteiger partial charge >= 0.3 is 5.97 Å². The van der Waals surface area contributed by atoms with Crippen LogP contribution in [-0.2, 0) is 20.7 Å². The van der Waals surface area contributed by atoms with Crippen LogP contribution in [0.4, 0.5) is 0 Å². The van der Waals surface area contributed by atoms with Crippen molar-refractivity contribution in [1.82, 2.24) is 0 Å². The summed E-state index contributed by atoms with van der Waals surface area (Å²) < 4.78 is 11.1. The van der Waals surface area contributed by atoms with Gasteiger partial charge in [-0.05, 0) is 42.6 Å². The number of rotatable bonds is 3. The summed E-state index contributed by atoms with van der Waals surface area (Å²) in [6, 6.07) is 10.6. The number of hydrogen-bond donors (Lipinski definition) is 0. The molecular formula is C19H22O3. The molecule has 0 aromatic heterocycles.